The van der Waals surface area contributed by atoms with E-state index in [0.29, 0.717) is 10.6 Å². The molecule has 108 valence electrons. The number of carbonyl (C=O) groups excluding carboxylic acids is 1. The van der Waals surface area contributed by atoms with Crippen molar-refractivity contribution in [1.82, 2.24) is 10.3 Å². The first kappa shape index (κ1) is 14.0. The molecule has 1 unspecified atom stereocenters. The Morgan fingerprint density at radius 2 is 2.38 bits per heavy atom. The van der Waals surface area contributed by atoms with E-state index in [1.54, 1.807) is 29.7 Å². The topological polar surface area (TPSA) is 75.4 Å². The SMILES string of the molecule is O=C(NC(CO)c1ccco1)c1cnc(-c2ccsc2)s1. The fraction of sp³-hybridized carbons (Fsp3) is 0.143. The highest BCUT2D eigenvalue weighted by Gasteiger charge is 2.19. The van der Waals surface area contributed by atoms with E-state index in [1.807, 2.05) is 16.8 Å². The predicted octanol–water partition coefficient (Wildman–Crippen LogP) is 2.93. The smallest absolute Gasteiger partial charge is 0.263 e. The van der Waals surface area contributed by atoms with Crippen LogP contribution < -0.4 is 5.32 Å². The van der Waals surface area contributed by atoms with Gasteiger partial charge in [0.25, 0.3) is 5.91 Å². The lowest BCUT2D eigenvalue weighted by molar-refractivity contribution is 0.0911. The van der Waals surface area contributed by atoms with Crippen LogP contribution in [0.3, 0.4) is 0 Å². The molecular formula is C14H12N2O3S2. The third-order valence-corrected chi connectivity index (χ3v) is 4.60. The van der Waals surface area contributed by atoms with Crippen LogP contribution in [0.15, 0.2) is 45.8 Å². The molecule has 3 heterocycles. The van der Waals surface area contributed by atoms with Gasteiger partial charge in [-0.15, -0.1) is 11.3 Å². The van der Waals surface area contributed by atoms with Gasteiger partial charge in [-0.25, -0.2) is 4.98 Å². The number of amides is 1. The molecule has 5 nitrogen and oxygen atoms in total. The van der Waals surface area contributed by atoms with Crippen molar-refractivity contribution in [2.24, 2.45) is 0 Å². The number of furan rings is 1. The lowest BCUT2D eigenvalue weighted by Crippen LogP contribution is -2.29. The van der Waals surface area contributed by atoms with Gasteiger partial charge in [-0.2, -0.15) is 11.3 Å². The van der Waals surface area contributed by atoms with Gasteiger partial charge in [0.2, 0.25) is 0 Å². The summed E-state index contributed by atoms with van der Waals surface area (Å²) >= 11 is 2.90. The van der Waals surface area contributed by atoms with Gasteiger partial charge in [0.1, 0.15) is 21.7 Å². The third-order valence-electron chi connectivity index (χ3n) is 2.87. The maximum Gasteiger partial charge on any atom is 0.263 e. The van der Waals surface area contributed by atoms with E-state index in [2.05, 4.69) is 10.3 Å². The van der Waals surface area contributed by atoms with Crippen LogP contribution in [0.5, 0.6) is 0 Å². The maximum atomic E-state index is 12.2. The lowest BCUT2D eigenvalue weighted by Gasteiger charge is -2.12. The van der Waals surface area contributed by atoms with E-state index in [0.717, 1.165) is 10.6 Å². The van der Waals surface area contributed by atoms with Crippen molar-refractivity contribution in [2.75, 3.05) is 6.61 Å². The van der Waals surface area contributed by atoms with Gasteiger partial charge in [0, 0.05) is 10.9 Å². The predicted molar refractivity (Wildman–Crippen MR) is 81.4 cm³/mol. The number of aromatic nitrogens is 1. The first-order chi connectivity index (χ1) is 10.3. The summed E-state index contributed by atoms with van der Waals surface area (Å²) in [4.78, 5) is 17.0. The van der Waals surface area contributed by atoms with Crippen LogP contribution >= 0.6 is 22.7 Å². The molecule has 3 aromatic rings. The number of carbonyl (C=O) groups is 1. The van der Waals surface area contributed by atoms with E-state index >= 15 is 0 Å². The van der Waals surface area contributed by atoms with Crippen LogP contribution in [0.4, 0.5) is 0 Å². The molecule has 3 rings (SSSR count). The van der Waals surface area contributed by atoms with Crippen molar-refractivity contribution in [2.45, 2.75) is 6.04 Å². The second kappa shape index (κ2) is 6.21. The van der Waals surface area contributed by atoms with Crippen molar-refractivity contribution >= 4 is 28.6 Å². The van der Waals surface area contributed by atoms with E-state index < -0.39 is 6.04 Å². The minimum atomic E-state index is -0.556. The number of aliphatic hydroxyl groups is 1. The monoisotopic (exact) mass is 320 g/mol. The molecule has 0 fully saturated rings. The van der Waals surface area contributed by atoms with E-state index in [9.17, 15) is 9.90 Å². The molecule has 0 saturated carbocycles. The summed E-state index contributed by atoms with van der Waals surface area (Å²) in [6, 6.07) is 4.83. The van der Waals surface area contributed by atoms with Crippen molar-refractivity contribution < 1.29 is 14.3 Å². The maximum absolute atomic E-state index is 12.2. The van der Waals surface area contributed by atoms with Crippen LogP contribution in [0.25, 0.3) is 10.6 Å². The van der Waals surface area contributed by atoms with Crippen molar-refractivity contribution in [1.29, 1.82) is 0 Å². The van der Waals surface area contributed by atoms with Gasteiger partial charge in [0.05, 0.1) is 19.1 Å². The molecule has 0 saturated heterocycles. The fourth-order valence-corrected chi connectivity index (χ4v) is 3.36. The van der Waals surface area contributed by atoms with Gasteiger partial charge in [-0.05, 0) is 23.6 Å². The molecule has 21 heavy (non-hydrogen) atoms. The minimum absolute atomic E-state index is 0.227. The summed E-state index contributed by atoms with van der Waals surface area (Å²) in [7, 11) is 0. The molecule has 0 bridgehead atoms. The van der Waals surface area contributed by atoms with Crippen molar-refractivity contribution in [3.8, 4) is 10.6 Å². The number of rotatable bonds is 5. The second-order valence-electron chi connectivity index (χ2n) is 4.27. The average Bonchev–Trinajstić information content (AvgIpc) is 3.26. The number of thiophene rings is 1. The Morgan fingerprint density at radius 1 is 1.48 bits per heavy atom. The second-order valence-corrected chi connectivity index (χ2v) is 6.08. The quantitative estimate of drug-likeness (QED) is 0.758. The van der Waals surface area contributed by atoms with E-state index in [4.69, 9.17) is 4.42 Å². The van der Waals surface area contributed by atoms with E-state index in [1.165, 1.54) is 17.6 Å². The zero-order valence-electron chi connectivity index (χ0n) is 10.9. The minimum Gasteiger partial charge on any atom is -0.467 e. The number of thiazole rings is 1. The van der Waals surface area contributed by atoms with Crippen LogP contribution in [0.1, 0.15) is 21.5 Å². The number of nitrogens with zero attached hydrogens (tertiary/aromatic N) is 1. The zero-order chi connectivity index (χ0) is 14.7. The van der Waals surface area contributed by atoms with Gasteiger partial charge in [0.15, 0.2) is 0 Å². The molecule has 0 aliphatic carbocycles. The highest BCUT2D eigenvalue weighted by Crippen LogP contribution is 2.27. The van der Waals surface area contributed by atoms with Gasteiger partial charge in [-0.3, -0.25) is 4.79 Å². The molecule has 0 radical (unpaired) electrons. The highest BCUT2D eigenvalue weighted by molar-refractivity contribution is 7.17. The molecule has 7 heteroatoms. The summed E-state index contributed by atoms with van der Waals surface area (Å²) in [6.45, 7) is -0.227. The number of nitrogens with one attached hydrogen (secondary N) is 1. The average molecular weight is 320 g/mol. The first-order valence-corrected chi connectivity index (χ1v) is 7.97. The zero-order valence-corrected chi connectivity index (χ0v) is 12.5. The number of hydrogen-bond donors (Lipinski definition) is 2. The largest absolute Gasteiger partial charge is 0.467 e. The van der Waals surface area contributed by atoms with Crippen molar-refractivity contribution in [3.63, 3.8) is 0 Å². The van der Waals surface area contributed by atoms with Gasteiger partial charge < -0.3 is 14.8 Å². The van der Waals surface area contributed by atoms with Crippen molar-refractivity contribution in [3.05, 3.63) is 52.1 Å². The summed E-state index contributed by atoms with van der Waals surface area (Å²) in [5.74, 6) is 0.248. The molecule has 3 aromatic heterocycles. The Balaban J connectivity index is 1.73. The molecule has 0 aliphatic heterocycles. The molecule has 1 amide bonds. The Kier molecular flexibility index (Phi) is 4.14. The summed E-state index contributed by atoms with van der Waals surface area (Å²) in [5, 5.41) is 16.9. The lowest BCUT2D eigenvalue weighted by atomic mass is 10.2. The third kappa shape index (κ3) is 3.05. The van der Waals surface area contributed by atoms with Crippen LogP contribution in [0, 0.1) is 0 Å². The Morgan fingerprint density at radius 3 is 3.05 bits per heavy atom. The summed E-state index contributed by atoms with van der Waals surface area (Å²) < 4.78 is 5.20. The number of aliphatic hydroxyl groups excluding tert-OH is 1. The van der Waals surface area contributed by atoms with Crippen LogP contribution in [-0.2, 0) is 0 Å². The van der Waals surface area contributed by atoms with Crippen LogP contribution in [0.2, 0.25) is 0 Å². The Labute approximate surface area is 128 Å². The molecule has 0 aliphatic rings. The fourth-order valence-electron chi connectivity index (χ4n) is 1.82. The normalized spacial score (nSPS) is 12.2. The molecule has 2 N–H and O–H groups in total. The Hall–Kier alpha value is -1.96. The van der Waals surface area contributed by atoms with E-state index in [-0.39, 0.29) is 12.5 Å². The number of hydrogen-bond acceptors (Lipinski definition) is 6. The molecule has 0 aromatic carbocycles. The molecule has 1 atom stereocenters. The molecule has 0 spiro atoms. The summed E-state index contributed by atoms with van der Waals surface area (Å²) in [6.07, 6.45) is 3.05. The van der Waals surface area contributed by atoms with Gasteiger partial charge in [-0.1, -0.05) is 0 Å². The highest BCUT2D eigenvalue weighted by atomic mass is 32.1. The van der Waals surface area contributed by atoms with Crippen LogP contribution in [-0.4, -0.2) is 22.6 Å². The molecular weight excluding hydrogens is 308 g/mol. The summed E-state index contributed by atoms with van der Waals surface area (Å²) in [5.41, 5.74) is 1.01. The first-order valence-electron chi connectivity index (χ1n) is 6.21. The standard InChI is InChI=1S/C14H12N2O3S2/c17-7-10(11-2-1-4-19-11)16-13(18)12-6-15-14(21-12)9-3-5-20-8-9/h1-6,8,10,17H,7H2,(H,16,18). The van der Waals surface area contributed by atoms with Gasteiger partial charge >= 0.3 is 0 Å². The Bertz CT molecular complexity index is 705.